The lowest BCUT2D eigenvalue weighted by Gasteiger charge is -2.03. The standard InChI is InChI=1S/C17H17ClN2O2S3/c1-3-12-8-9-16(23-12)25(21,22)19-10-15-11(2)20-17(24-15)13-6-4-5-7-14(13)18/h4-9,19H,3,10H2,1-2H3. The van der Waals surface area contributed by atoms with Gasteiger partial charge in [-0.05, 0) is 31.5 Å². The highest BCUT2D eigenvalue weighted by Gasteiger charge is 2.18. The number of benzene rings is 1. The predicted molar refractivity (Wildman–Crippen MR) is 105 cm³/mol. The van der Waals surface area contributed by atoms with E-state index in [-0.39, 0.29) is 6.54 Å². The van der Waals surface area contributed by atoms with Gasteiger partial charge in [0, 0.05) is 21.9 Å². The molecule has 0 spiro atoms. The van der Waals surface area contributed by atoms with Crippen LogP contribution < -0.4 is 4.72 Å². The molecule has 0 saturated heterocycles. The lowest BCUT2D eigenvalue weighted by Crippen LogP contribution is -2.22. The number of thiophene rings is 1. The van der Waals surface area contributed by atoms with Gasteiger partial charge in [0.05, 0.1) is 10.7 Å². The van der Waals surface area contributed by atoms with Crippen LogP contribution in [0.15, 0.2) is 40.6 Å². The topological polar surface area (TPSA) is 59.1 Å². The molecule has 0 aliphatic carbocycles. The van der Waals surface area contributed by atoms with E-state index in [4.69, 9.17) is 11.6 Å². The van der Waals surface area contributed by atoms with Gasteiger partial charge in [-0.15, -0.1) is 22.7 Å². The van der Waals surface area contributed by atoms with Crippen LogP contribution >= 0.6 is 34.3 Å². The van der Waals surface area contributed by atoms with E-state index in [1.807, 2.05) is 44.2 Å². The Morgan fingerprint density at radius 1 is 1.16 bits per heavy atom. The van der Waals surface area contributed by atoms with Crippen LogP contribution in [0.2, 0.25) is 5.02 Å². The SMILES string of the molecule is CCc1ccc(S(=O)(=O)NCc2sc(-c3ccccc3Cl)nc2C)s1. The highest BCUT2D eigenvalue weighted by molar-refractivity contribution is 7.91. The number of sulfonamides is 1. The van der Waals surface area contributed by atoms with Crippen LogP contribution in [0.25, 0.3) is 10.6 Å². The average Bonchev–Trinajstić information content (AvgIpc) is 3.20. The number of halogens is 1. The maximum absolute atomic E-state index is 12.4. The van der Waals surface area contributed by atoms with Crippen LogP contribution in [0.5, 0.6) is 0 Å². The van der Waals surface area contributed by atoms with Crippen molar-refractivity contribution in [1.29, 1.82) is 0 Å². The number of aryl methyl sites for hydroxylation is 2. The van der Waals surface area contributed by atoms with Gasteiger partial charge in [0.25, 0.3) is 0 Å². The van der Waals surface area contributed by atoms with Crippen molar-refractivity contribution >= 4 is 44.3 Å². The molecule has 3 rings (SSSR count). The number of hydrogen-bond acceptors (Lipinski definition) is 5. The predicted octanol–water partition coefficient (Wildman–Crippen LogP) is 4.87. The van der Waals surface area contributed by atoms with Gasteiger partial charge in [0.2, 0.25) is 10.0 Å². The zero-order chi connectivity index (χ0) is 18.0. The first-order valence-electron chi connectivity index (χ1n) is 7.70. The molecule has 0 aliphatic heterocycles. The summed E-state index contributed by atoms with van der Waals surface area (Å²) in [7, 11) is -3.51. The van der Waals surface area contributed by atoms with Crippen molar-refractivity contribution < 1.29 is 8.42 Å². The third-order valence-electron chi connectivity index (χ3n) is 3.67. The summed E-state index contributed by atoms with van der Waals surface area (Å²) in [4.78, 5) is 6.47. The fraction of sp³-hybridized carbons (Fsp3) is 0.235. The van der Waals surface area contributed by atoms with Crippen molar-refractivity contribution in [2.75, 3.05) is 0 Å². The van der Waals surface area contributed by atoms with Crippen molar-refractivity contribution in [3.63, 3.8) is 0 Å². The Morgan fingerprint density at radius 3 is 2.60 bits per heavy atom. The first kappa shape index (κ1) is 18.5. The second kappa shape index (κ2) is 7.55. The summed E-state index contributed by atoms with van der Waals surface area (Å²) in [6.45, 7) is 4.10. The average molecular weight is 413 g/mol. The number of aromatic nitrogens is 1. The summed E-state index contributed by atoms with van der Waals surface area (Å²) in [5.41, 5.74) is 1.67. The van der Waals surface area contributed by atoms with Crippen molar-refractivity contribution in [2.45, 2.75) is 31.0 Å². The largest absolute Gasteiger partial charge is 0.250 e. The van der Waals surface area contributed by atoms with Crippen LogP contribution in [0.4, 0.5) is 0 Å². The van der Waals surface area contributed by atoms with E-state index in [0.717, 1.165) is 32.4 Å². The molecular weight excluding hydrogens is 396 g/mol. The molecule has 0 amide bonds. The molecule has 25 heavy (non-hydrogen) atoms. The maximum atomic E-state index is 12.4. The quantitative estimate of drug-likeness (QED) is 0.628. The summed E-state index contributed by atoms with van der Waals surface area (Å²) < 4.78 is 27.9. The lowest BCUT2D eigenvalue weighted by molar-refractivity contribution is 0.584. The summed E-state index contributed by atoms with van der Waals surface area (Å²) in [6, 6.07) is 11.0. The van der Waals surface area contributed by atoms with E-state index in [1.54, 1.807) is 6.07 Å². The monoisotopic (exact) mass is 412 g/mol. The number of nitrogens with one attached hydrogen (secondary N) is 1. The molecule has 3 aromatic rings. The highest BCUT2D eigenvalue weighted by atomic mass is 35.5. The molecule has 0 bridgehead atoms. The van der Waals surface area contributed by atoms with Crippen LogP contribution in [0, 0.1) is 6.92 Å². The van der Waals surface area contributed by atoms with Crippen molar-refractivity contribution in [3.05, 3.63) is 56.9 Å². The Hall–Kier alpha value is -1.25. The molecule has 4 nitrogen and oxygen atoms in total. The molecule has 1 aromatic carbocycles. The minimum atomic E-state index is -3.51. The van der Waals surface area contributed by atoms with Crippen LogP contribution in [-0.4, -0.2) is 13.4 Å². The summed E-state index contributed by atoms with van der Waals surface area (Å²) in [6.07, 6.45) is 0.829. The Morgan fingerprint density at radius 2 is 1.92 bits per heavy atom. The fourth-order valence-corrected chi connectivity index (χ4v) is 6.02. The molecule has 2 heterocycles. The molecule has 8 heteroatoms. The molecule has 0 fully saturated rings. The smallest absolute Gasteiger partial charge is 0.241 e. The normalized spacial score (nSPS) is 11.8. The number of rotatable bonds is 6. The first-order valence-corrected chi connectivity index (χ1v) is 11.2. The molecule has 0 aliphatic rings. The Bertz CT molecular complexity index is 993. The first-order chi connectivity index (χ1) is 11.9. The molecule has 0 atom stereocenters. The van der Waals surface area contributed by atoms with E-state index < -0.39 is 10.0 Å². The van der Waals surface area contributed by atoms with Gasteiger partial charge in [0.15, 0.2) is 0 Å². The van der Waals surface area contributed by atoms with E-state index in [1.165, 1.54) is 22.7 Å². The van der Waals surface area contributed by atoms with E-state index >= 15 is 0 Å². The summed E-state index contributed by atoms with van der Waals surface area (Å²) in [5, 5.41) is 1.43. The van der Waals surface area contributed by atoms with Gasteiger partial charge in [-0.1, -0.05) is 36.7 Å². The van der Waals surface area contributed by atoms with Gasteiger partial charge in [-0.2, -0.15) is 0 Å². The minimum absolute atomic E-state index is 0.218. The van der Waals surface area contributed by atoms with E-state index in [2.05, 4.69) is 9.71 Å². The van der Waals surface area contributed by atoms with Gasteiger partial charge < -0.3 is 0 Å². The van der Waals surface area contributed by atoms with Gasteiger partial charge >= 0.3 is 0 Å². The van der Waals surface area contributed by atoms with Gasteiger partial charge in [0.1, 0.15) is 9.22 Å². The second-order valence-electron chi connectivity index (χ2n) is 5.41. The van der Waals surface area contributed by atoms with Crippen LogP contribution in [0.1, 0.15) is 22.4 Å². The van der Waals surface area contributed by atoms with Crippen LogP contribution in [-0.2, 0) is 23.0 Å². The van der Waals surface area contributed by atoms with Crippen molar-refractivity contribution in [1.82, 2.24) is 9.71 Å². The third-order valence-corrected chi connectivity index (χ3v) is 8.31. The maximum Gasteiger partial charge on any atom is 0.250 e. The van der Waals surface area contributed by atoms with Crippen molar-refractivity contribution in [3.8, 4) is 10.6 Å². The molecule has 1 N–H and O–H groups in total. The Labute approximate surface area is 160 Å². The molecular formula is C17H17ClN2O2S3. The molecule has 0 radical (unpaired) electrons. The molecule has 0 unspecified atom stereocenters. The lowest BCUT2D eigenvalue weighted by atomic mass is 10.2. The molecule has 132 valence electrons. The highest BCUT2D eigenvalue weighted by Crippen LogP contribution is 2.33. The fourth-order valence-electron chi connectivity index (χ4n) is 2.27. The summed E-state index contributed by atoms with van der Waals surface area (Å²) in [5.74, 6) is 0. The number of nitrogens with zero attached hydrogens (tertiary/aromatic N) is 1. The minimum Gasteiger partial charge on any atom is -0.241 e. The van der Waals surface area contributed by atoms with E-state index in [0.29, 0.717) is 9.23 Å². The molecule has 2 aromatic heterocycles. The zero-order valence-electron chi connectivity index (χ0n) is 13.7. The van der Waals surface area contributed by atoms with Crippen LogP contribution in [0.3, 0.4) is 0 Å². The zero-order valence-corrected chi connectivity index (χ0v) is 17.0. The Balaban J connectivity index is 1.79. The summed E-state index contributed by atoms with van der Waals surface area (Å²) >= 11 is 8.98. The van der Waals surface area contributed by atoms with Crippen molar-refractivity contribution in [2.24, 2.45) is 0 Å². The third kappa shape index (κ3) is 4.12. The second-order valence-corrected chi connectivity index (χ2v) is 10.1. The number of hydrogen-bond donors (Lipinski definition) is 1. The molecule has 0 saturated carbocycles. The Kier molecular flexibility index (Phi) is 5.60. The van der Waals surface area contributed by atoms with Gasteiger partial charge in [-0.3, -0.25) is 0 Å². The van der Waals surface area contributed by atoms with Gasteiger partial charge in [-0.25, -0.2) is 18.1 Å². The van der Waals surface area contributed by atoms with E-state index in [9.17, 15) is 8.42 Å². The number of thiazole rings is 1.